The number of hydrogen-bond donors (Lipinski definition) is 1. The maximum Gasteiger partial charge on any atom is 0.345 e. The van der Waals surface area contributed by atoms with Gasteiger partial charge in [-0.05, 0) is 31.0 Å². The Kier molecular flexibility index (Phi) is 8.45. The number of benzene rings is 2. The second-order valence-electron chi connectivity index (χ2n) is 7.70. The number of carbonyl (C=O) groups excluding carboxylic acids is 1. The maximum absolute atomic E-state index is 12.8. The molecule has 0 amide bonds. The van der Waals surface area contributed by atoms with Crippen LogP contribution in [0.15, 0.2) is 48.5 Å². The van der Waals surface area contributed by atoms with E-state index in [0.29, 0.717) is 11.3 Å². The minimum Gasteiger partial charge on any atom is -0.482 e. The third-order valence-corrected chi connectivity index (χ3v) is 5.81. The highest BCUT2D eigenvalue weighted by Crippen LogP contribution is 2.44. The van der Waals surface area contributed by atoms with Crippen LogP contribution < -0.4 is 4.74 Å². The lowest BCUT2D eigenvalue weighted by Gasteiger charge is -2.24. The Morgan fingerprint density at radius 1 is 1.10 bits per heavy atom. The fraction of sp³-hybridized carbons (Fsp3) is 0.409. The largest absolute Gasteiger partial charge is 0.482 e. The van der Waals surface area contributed by atoms with Gasteiger partial charge in [0.1, 0.15) is 5.75 Å². The molecule has 0 aliphatic rings. The molecule has 2 unspecified atom stereocenters. The number of aliphatic hydroxyl groups is 1. The minimum atomic E-state index is -2.77. The van der Waals surface area contributed by atoms with E-state index in [-0.39, 0.29) is 19.8 Å². The summed E-state index contributed by atoms with van der Waals surface area (Å²) >= 11 is 0. The van der Waals surface area contributed by atoms with Crippen LogP contribution in [0.5, 0.6) is 5.75 Å². The van der Waals surface area contributed by atoms with Gasteiger partial charge < -0.3 is 19.1 Å². The number of carbonyl (C=O) groups is 1. The molecular formula is C22H29O6P. The summed E-state index contributed by atoms with van der Waals surface area (Å²) in [7, 11) is -2.77. The van der Waals surface area contributed by atoms with Gasteiger partial charge in [-0.3, -0.25) is 4.57 Å². The van der Waals surface area contributed by atoms with Crippen molar-refractivity contribution < 1.29 is 28.5 Å². The summed E-state index contributed by atoms with van der Waals surface area (Å²) in [6, 6.07) is 14.4. The molecule has 29 heavy (non-hydrogen) atoms. The zero-order valence-electron chi connectivity index (χ0n) is 17.3. The summed E-state index contributed by atoms with van der Waals surface area (Å²) in [4.78, 5) is 12.4. The molecule has 0 bridgehead atoms. The van der Waals surface area contributed by atoms with E-state index in [2.05, 4.69) is 0 Å². The van der Waals surface area contributed by atoms with Crippen molar-refractivity contribution in [3.05, 3.63) is 65.2 Å². The van der Waals surface area contributed by atoms with E-state index in [4.69, 9.17) is 14.0 Å². The third kappa shape index (κ3) is 7.00. The average molecular weight is 420 g/mol. The zero-order chi connectivity index (χ0) is 21.4. The normalized spacial score (nSPS) is 13.6. The molecule has 0 aliphatic carbocycles. The van der Waals surface area contributed by atoms with Crippen molar-refractivity contribution in [2.75, 3.05) is 19.8 Å². The lowest BCUT2D eigenvalue weighted by Crippen LogP contribution is -2.23. The summed E-state index contributed by atoms with van der Waals surface area (Å²) in [5, 5.41) is 9.36. The van der Waals surface area contributed by atoms with Gasteiger partial charge in [-0.2, -0.15) is 0 Å². The molecule has 0 heterocycles. The molecule has 0 aliphatic heterocycles. The number of aliphatic hydroxyl groups excluding tert-OH is 1. The molecule has 1 N–H and O–H groups in total. The Hall–Kier alpha value is -2.14. The van der Waals surface area contributed by atoms with E-state index >= 15 is 0 Å². The monoisotopic (exact) mass is 420 g/mol. The number of esters is 1. The first kappa shape index (κ1) is 23.1. The van der Waals surface area contributed by atoms with E-state index in [1.807, 2.05) is 32.0 Å². The van der Waals surface area contributed by atoms with Crippen molar-refractivity contribution in [3.8, 4) is 5.75 Å². The molecule has 0 aromatic heterocycles. The predicted molar refractivity (Wildman–Crippen MR) is 113 cm³/mol. The molecule has 7 heteroatoms. The summed E-state index contributed by atoms with van der Waals surface area (Å²) in [6.07, 6.45) is 0. The predicted octanol–water partition coefficient (Wildman–Crippen LogP) is 4.43. The average Bonchev–Trinajstić information content (AvgIpc) is 2.72. The molecule has 2 aromatic carbocycles. The lowest BCUT2D eigenvalue weighted by molar-refractivity contribution is -0.148. The van der Waals surface area contributed by atoms with Crippen molar-refractivity contribution in [2.45, 2.75) is 33.5 Å². The highest BCUT2D eigenvalue weighted by atomic mass is 31.1. The highest BCUT2D eigenvalue weighted by Gasteiger charge is 2.27. The smallest absolute Gasteiger partial charge is 0.345 e. The molecule has 2 atom stereocenters. The van der Waals surface area contributed by atoms with E-state index in [1.54, 1.807) is 44.2 Å². The van der Waals surface area contributed by atoms with Crippen LogP contribution in [-0.2, 0) is 18.6 Å². The van der Waals surface area contributed by atoms with Gasteiger partial charge in [-0.15, -0.1) is 0 Å². The second kappa shape index (κ2) is 10.6. The van der Waals surface area contributed by atoms with Gasteiger partial charge in [-0.25, -0.2) is 4.79 Å². The van der Waals surface area contributed by atoms with Crippen molar-refractivity contribution >= 4 is 14.0 Å². The number of hydrogen-bond acceptors (Lipinski definition) is 6. The van der Waals surface area contributed by atoms with Gasteiger partial charge >= 0.3 is 5.97 Å². The first-order valence-electron chi connectivity index (χ1n) is 9.44. The molecule has 0 saturated carbocycles. The Morgan fingerprint density at radius 3 is 2.45 bits per heavy atom. The zero-order valence-corrected chi connectivity index (χ0v) is 18.3. The second-order valence-corrected chi connectivity index (χ2v) is 9.15. The van der Waals surface area contributed by atoms with Crippen LogP contribution >= 0.6 is 8.03 Å². The molecule has 2 aromatic rings. The molecule has 158 valence electrons. The van der Waals surface area contributed by atoms with Gasteiger partial charge in [-0.1, -0.05) is 56.3 Å². The van der Waals surface area contributed by atoms with Crippen LogP contribution in [0.3, 0.4) is 0 Å². The van der Waals surface area contributed by atoms with E-state index in [1.165, 1.54) is 0 Å². The van der Waals surface area contributed by atoms with E-state index < -0.39 is 25.3 Å². The van der Waals surface area contributed by atoms with Crippen LogP contribution in [0.4, 0.5) is 0 Å². The molecule has 2 rings (SSSR count). The maximum atomic E-state index is 12.8. The number of ether oxygens (including phenoxy) is 2. The van der Waals surface area contributed by atoms with Crippen LogP contribution in [0.1, 0.15) is 36.4 Å². The Balaban J connectivity index is 2.06. The quantitative estimate of drug-likeness (QED) is 0.452. The van der Waals surface area contributed by atoms with Crippen LogP contribution in [0.25, 0.3) is 0 Å². The fourth-order valence-electron chi connectivity index (χ4n) is 2.45. The molecule has 0 radical (unpaired) electrons. The van der Waals surface area contributed by atoms with E-state index in [0.717, 1.165) is 11.1 Å². The summed E-state index contributed by atoms with van der Waals surface area (Å²) in [6.45, 7) is 7.14. The summed E-state index contributed by atoms with van der Waals surface area (Å²) in [5.41, 5.74) is 2.04. The summed E-state index contributed by atoms with van der Waals surface area (Å²) in [5.74, 6) is -1.06. The summed E-state index contributed by atoms with van der Waals surface area (Å²) < 4.78 is 29.3. The standard InChI is InChI=1S/C22H29O6P/c1-16-9-8-12-19(17(16)2)26-13-20(24)28-21(18-10-6-5-7-11-18)29(25)27-15-22(3,4)14-23/h5-12,21,23,29H,13-15H2,1-4H3. The van der Waals surface area contributed by atoms with Gasteiger partial charge in [0.15, 0.2) is 12.5 Å². The topological polar surface area (TPSA) is 82.1 Å². The SMILES string of the molecule is Cc1cccc(OCC(=O)OC(c2ccccc2)[PH](=O)OCC(C)(C)CO)c1C. The molecule has 0 saturated heterocycles. The lowest BCUT2D eigenvalue weighted by atomic mass is 9.97. The van der Waals surface area contributed by atoms with Crippen molar-refractivity contribution in [1.29, 1.82) is 0 Å². The Labute approximate surface area is 172 Å². The molecule has 6 nitrogen and oxygen atoms in total. The van der Waals surface area contributed by atoms with Crippen LogP contribution in [-0.4, -0.2) is 30.9 Å². The minimum absolute atomic E-state index is 0.0845. The Bertz CT molecular complexity index is 834. The van der Waals surface area contributed by atoms with Crippen molar-refractivity contribution in [3.63, 3.8) is 0 Å². The first-order valence-corrected chi connectivity index (χ1v) is 10.8. The van der Waals surface area contributed by atoms with Gasteiger partial charge in [0, 0.05) is 11.0 Å². The Morgan fingerprint density at radius 2 is 1.79 bits per heavy atom. The molecule has 0 spiro atoms. The van der Waals surface area contributed by atoms with Gasteiger partial charge in [0.05, 0.1) is 13.2 Å². The van der Waals surface area contributed by atoms with E-state index in [9.17, 15) is 14.5 Å². The highest BCUT2D eigenvalue weighted by molar-refractivity contribution is 7.39. The first-order chi connectivity index (χ1) is 13.7. The third-order valence-electron chi connectivity index (χ3n) is 4.50. The number of aryl methyl sites for hydroxylation is 1. The van der Waals surface area contributed by atoms with Crippen LogP contribution in [0, 0.1) is 19.3 Å². The molecule has 0 fully saturated rings. The van der Waals surface area contributed by atoms with Gasteiger partial charge in [0.2, 0.25) is 8.03 Å². The van der Waals surface area contributed by atoms with Crippen LogP contribution in [0.2, 0.25) is 0 Å². The fourth-order valence-corrected chi connectivity index (χ4v) is 3.83. The van der Waals surface area contributed by atoms with Crippen molar-refractivity contribution in [2.24, 2.45) is 5.41 Å². The number of rotatable bonds is 10. The van der Waals surface area contributed by atoms with Gasteiger partial charge in [0.25, 0.3) is 0 Å². The van der Waals surface area contributed by atoms with Crippen molar-refractivity contribution in [1.82, 2.24) is 0 Å². The molecular weight excluding hydrogens is 391 g/mol.